The molecule has 2 atom stereocenters. The third kappa shape index (κ3) is 4.71. The molecular weight excluding hydrogens is 303 g/mol. The fourth-order valence-corrected chi connectivity index (χ4v) is 2.78. The second-order valence-corrected chi connectivity index (χ2v) is 5.60. The minimum Gasteiger partial charge on any atom is -0.370 e. The Hall–Kier alpha value is -0.150. The van der Waals surface area contributed by atoms with Crippen LogP contribution in [0.25, 0.3) is 0 Å². The highest BCUT2D eigenvalue weighted by molar-refractivity contribution is 6.33. The van der Waals surface area contributed by atoms with Gasteiger partial charge in [-0.1, -0.05) is 24.6 Å². The van der Waals surface area contributed by atoms with E-state index in [0.29, 0.717) is 0 Å². The first-order valence-corrected chi connectivity index (χ1v) is 6.75. The van der Waals surface area contributed by atoms with Crippen molar-refractivity contribution < 1.29 is 0 Å². The van der Waals surface area contributed by atoms with Crippen molar-refractivity contribution in [3.8, 4) is 0 Å². The van der Waals surface area contributed by atoms with Crippen molar-refractivity contribution in [2.24, 2.45) is 11.7 Å². The first-order chi connectivity index (χ1) is 8.08. The van der Waals surface area contributed by atoms with Crippen LogP contribution in [0.3, 0.4) is 0 Å². The quantitative estimate of drug-likeness (QED) is 0.871. The molecule has 1 aromatic carbocycles. The third-order valence-electron chi connectivity index (χ3n) is 3.50. The molecule has 1 aliphatic rings. The van der Waals surface area contributed by atoms with Crippen LogP contribution in [-0.2, 0) is 0 Å². The van der Waals surface area contributed by atoms with Crippen LogP contribution < -0.4 is 10.6 Å². The van der Waals surface area contributed by atoms with Crippen LogP contribution in [0.15, 0.2) is 18.2 Å². The second kappa shape index (κ2) is 8.21. The van der Waals surface area contributed by atoms with Gasteiger partial charge in [0.05, 0.1) is 10.7 Å². The molecule has 1 aromatic rings. The molecule has 1 fully saturated rings. The van der Waals surface area contributed by atoms with Crippen LogP contribution in [0.2, 0.25) is 5.02 Å². The molecule has 0 bridgehead atoms. The number of hydrogen-bond acceptors (Lipinski definition) is 2. The summed E-state index contributed by atoms with van der Waals surface area (Å²) in [5, 5.41) is 0.828. The SMILES string of the molecule is CC1CCCN(c2ccc(C(C)N)cc2Cl)C1.Cl.Cl. The summed E-state index contributed by atoms with van der Waals surface area (Å²) in [5.74, 6) is 0.757. The number of halogens is 3. The van der Waals surface area contributed by atoms with Gasteiger partial charge in [-0.05, 0) is 43.4 Å². The number of nitrogens with zero attached hydrogens (tertiary/aromatic N) is 1. The summed E-state index contributed by atoms with van der Waals surface area (Å²) >= 11 is 6.36. The summed E-state index contributed by atoms with van der Waals surface area (Å²) in [6.07, 6.45) is 2.58. The molecule has 1 saturated heterocycles. The van der Waals surface area contributed by atoms with E-state index < -0.39 is 0 Å². The molecule has 2 N–H and O–H groups in total. The Morgan fingerprint density at radius 3 is 2.58 bits per heavy atom. The van der Waals surface area contributed by atoms with Crippen molar-refractivity contribution >= 4 is 42.1 Å². The van der Waals surface area contributed by atoms with E-state index in [1.165, 1.54) is 12.8 Å². The Morgan fingerprint density at radius 2 is 2.05 bits per heavy atom. The maximum Gasteiger partial charge on any atom is 0.0642 e. The first-order valence-electron chi connectivity index (χ1n) is 6.38. The van der Waals surface area contributed by atoms with Crippen LogP contribution in [-0.4, -0.2) is 13.1 Å². The van der Waals surface area contributed by atoms with Gasteiger partial charge in [-0.3, -0.25) is 0 Å². The van der Waals surface area contributed by atoms with E-state index in [0.717, 1.165) is 35.3 Å². The fourth-order valence-electron chi connectivity index (χ4n) is 2.47. The van der Waals surface area contributed by atoms with Crippen LogP contribution in [0, 0.1) is 5.92 Å². The molecule has 1 heterocycles. The second-order valence-electron chi connectivity index (χ2n) is 5.19. The van der Waals surface area contributed by atoms with Crippen molar-refractivity contribution in [3.63, 3.8) is 0 Å². The Kier molecular flexibility index (Phi) is 8.14. The Bertz CT molecular complexity index is 396. The highest BCUT2D eigenvalue weighted by Crippen LogP contribution is 2.31. The zero-order valence-electron chi connectivity index (χ0n) is 11.4. The van der Waals surface area contributed by atoms with E-state index in [9.17, 15) is 0 Å². The molecule has 0 spiro atoms. The third-order valence-corrected chi connectivity index (χ3v) is 3.80. The maximum atomic E-state index is 6.36. The van der Waals surface area contributed by atoms with Gasteiger partial charge < -0.3 is 10.6 Å². The molecule has 110 valence electrons. The fraction of sp³-hybridized carbons (Fsp3) is 0.571. The average molecular weight is 326 g/mol. The molecule has 1 aliphatic heterocycles. The van der Waals surface area contributed by atoms with Gasteiger partial charge in [0.25, 0.3) is 0 Å². The number of rotatable bonds is 2. The van der Waals surface area contributed by atoms with Gasteiger partial charge in [0.1, 0.15) is 0 Å². The largest absolute Gasteiger partial charge is 0.370 e. The predicted octanol–water partition coefficient (Wildman–Crippen LogP) is 4.44. The summed E-state index contributed by atoms with van der Waals surface area (Å²) in [6.45, 7) is 6.50. The molecule has 19 heavy (non-hydrogen) atoms. The number of anilines is 1. The van der Waals surface area contributed by atoms with Crippen LogP contribution in [0.5, 0.6) is 0 Å². The van der Waals surface area contributed by atoms with Crippen molar-refractivity contribution in [1.29, 1.82) is 0 Å². The lowest BCUT2D eigenvalue weighted by Gasteiger charge is -2.33. The molecule has 5 heteroatoms. The minimum absolute atomic E-state index is 0. The van der Waals surface area contributed by atoms with E-state index >= 15 is 0 Å². The minimum atomic E-state index is 0. The number of benzene rings is 1. The number of nitrogens with two attached hydrogens (primary N) is 1. The van der Waals surface area contributed by atoms with Gasteiger partial charge in [-0.2, -0.15) is 0 Å². The molecule has 0 radical (unpaired) electrons. The number of hydrogen-bond donors (Lipinski definition) is 1. The van der Waals surface area contributed by atoms with E-state index in [2.05, 4.69) is 24.0 Å². The lowest BCUT2D eigenvalue weighted by atomic mass is 9.99. The summed E-state index contributed by atoms with van der Waals surface area (Å²) in [5.41, 5.74) is 8.12. The van der Waals surface area contributed by atoms with E-state index in [1.807, 2.05) is 13.0 Å². The van der Waals surface area contributed by atoms with Crippen LogP contribution in [0.1, 0.15) is 38.3 Å². The molecule has 2 nitrogen and oxygen atoms in total. The monoisotopic (exact) mass is 324 g/mol. The van der Waals surface area contributed by atoms with Gasteiger partial charge >= 0.3 is 0 Å². The van der Waals surface area contributed by atoms with Crippen molar-refractivity contribution in [3.05, 3.63) is 28.8 Å². The van der Waals surface area contributed by atoms with E-state index in [4.69, 9.17) is 17.3 Å². The van der Waals surface area contributed by atoms with Crippen molar-refractivity contribution in [2.45, 2.75) is 32.7 Å². The molecule has 2 unspecified atom stereocenters. The van der Waals surface area contributed by atoms with Gasteiger partial charge in [-0.25, -0.2) is 0 Å². The van der Waals surface area contributed by atoms with Gasteiger partial charge in [0.2, 0.25) is 0 Å². The lowest BCUT2D eigenvalue weighted by molar-refractivity contribution is 0.447. The molecule has 2 rings (SSSR count). The van der Waals surface area contributed by atoms with E-state index in [1.54, 1.807) is 0 Å². The molecular formula is C14H23Cl3N2. The highest BCUT2D eigenvalue weighted by Gasteiger charge is 2.18. The Labute approximate surface area is 133 Å². The summed E-state index contributed by atoms with van der Waals surface area (Å²) in [4.78, 5) is 2.39. The molecule has 0 amide bonds. The van der Waals surface area contributed by atoms with Gasteiger partial charge in [-0.15, -0.1) is 24.8 Å². The molecule has 0 aromatic heterocycles. The predicted molar refractivity (Wildman–Crippen MR) is 89.2 cm³/mol. The zero-order valence-corrected chi connectivity index (χ0v) is 13.8. The van der Waals surface area contributed by atoms with Crippen LogP contribution in [0.4, 0.5) is 5.69 Å². The highest BCUT2D eigenvalue weighted by atomic mass is 35.5. The van der Waals surface area contributed by atoms with Gasteiger partial charge in [0, 0.05) is 19.1 Å². The molecule has 0 aliphatic carbocycles. The lowest BCUT2D eigenvalue weighted by Crippen LogP contribution is -2.34. The normalized spacial score (nSPS) is 20.2. The maximum absolute atomic E-state index is 6.36. The molecule has 0 saturated carbocycles. The summed E-state index contributed by atoms with van der Waals surface area (Å²) in [6, 6.07) is 6.24. The zero-order chi connectivity index (χ0) is 12.4. The van der Waals surface area contributed by atoms with Crippen LogP contribution >= 0.6 is 36.4 Å². The smallest absolute Gasteiger partial charge is 0.0642 e. The Morgan fingerprint density at radius 1 is 1.37 bits per heavy atom. The van der Waals surface area contributed by atoms with Crippen molar-refractivity contribution in [1.82, 2.24) is 0 Å². The first kappa shape index (κ1) is 18.9. The summed E-state index contributed by atoms with van der Waals surface area (Å²) in [7, 11) is 0. The summed E-state index contributed by atoms with van der Waals surface area (Å²) < 4.78 is 0. The Balaban J connectivity index is 0.00000162. The van der Waals surface area contributed by atoms with E-state index in [-0.39, 0.29) is 30.9 Å². The number of piperidine rings is 1. The topological polar surface area (TPSA) is 29.3 Å². The average Bonchev–Trinajstić information content (AvgIpc) is 2.28. The van der Waals surface area contributed by atoms with Gasteiger partial charge in [0.15, 0.2) is 0 Å². The standard InChI is InChI=1S/C14H21ClN2.2ClH/c1-10-4-3-7-17(9-10)14-6-5-12(11(2)16)8-13(14)15;;/h5-6,8,10-11H,3-4,7,9,16H2,1-2H3;2*1H. The van der Waals surface area contributed by atoms with Crippen molar-refractivity contribution in [2.75, 3.05) is 18.0 Å².